The molecule has 64 valence electrons. The third-order valence-corrected chi connectivity index (χ3v) is 2.03. The van der Waals surface area contributed by atoms with Crippen molar-refractivity contribution < 1.29 is 13.0 Å². The summed E-state index contributed by atoms with van der Waals surface area (Å²) in [6, 6.07) is 0. The maximum atomic E-state index is 10.2. The van der Waals surface area contributed by atoms with Crippen LogP contribution >= 0.6 is 0 Å². The molecule has 0 aromatic heterocycles. The SMILES string of the molecule is C#CCCCCCS(=O)(=O)O. The molecule has 0 saturated carbocycles. The Morgan fingerprint density at radius 3 is 2.36 bits per heavy atom. The highest BCUT2D eigenvalue weighted by molar-refractivity contribution is 7.85. The molecule has 0 atom stereocenters. The smallest absolute Gasteiger partial charge is 0.264 e. The second-order valence-corrected chi connectivity index (χ2v) is 3.87. The topological polar surface area (TPSA) is 54.4 Å². The number of hydrogen-bond donors (Lipinski definition) is 1. The standard InChI is InChI=1S/C7H12O3S/c1-2-3-4-5-6-7-11(8,9)10/h1H,3-7H2,(H,8,9,10). The van der Waals surface area contributed by atoms with Gasteiger partial charge in [0.1, 0.15) is 0 Å². The fraction of sp³-hybridized carbons (Fsp3) is 0.714. The third kappa shape index (κ3) is 9.47. The fourth-order valence-corrected chi connectivity index (χ4v) is 1.26. The Kier molecular flexibility index (Phi) is 4.92. The maximum Gasteiger partial charge on any atom is 0.264 e. The first-order valence-corrected chi connectivity index (χ1v) is 5.06. The van der Waals surface area contributed by atoms with Gasteiger partial charge in [-0.05, 0) is 12.8 Å². The van der Waals surface area contributed by atoms with Crippen LogP contribution in [0.5, 0.6) is 0 Å². The lowest BCUT2D eigenvalue weighted by molar-refractivity contribution is 0.479. The number of hydrogen-bond acceptors (Lipinski definition) is 2. The average molecular weight is 176 g/mol. The van der Waals surface area contributed by atoms with Crippen molar-refractivity contribution in [1.82, 2.24) is 0 Å². The van der Waals surface area contributed by atoms with E-state index in [2.05, 4.69) is 5.92 Å². The predicted molar refractivity (Wildman–Crippen MR) is 43.7 cm³/mol. The van der Waals surface area contributed by atoms with Crippen LogP contribution in [-0.2, 0) is 10.1 Å². The molecular weight excluding hydrogens is 164 g/mol. The van der Waals surface area contributed by atoms with Crippen LogP contribution < -0.4 is 0 Å². The highest BCUT2D eigenvalue weighted by Crippen LogP contribution is 2.00. The van der Waals surface area contributed by atoms with E-state index in [1.807, 2.05) is 0 Å². The van der Waals surface area contributed by atoms with Crippen molar-refractivity contribution in [3.05, 3.63) is 0 Å². The van der Waals surface area contributed by atoms with Crippen molar-refractivity contribution in [3.8, 4) is 12.3 Å². The van der Waals surface area contributed by atoms with E-state index < -0.39 is 10.1 Å². The molecule has 0 aliphatic rings. The van der Waals surface area contributed by atoms with E-state index in [0.717, 1.165) is 12.8 Å². The van der Waals surface area contributed by atoms with Gasteiger partial charge in [-0.3, -0.25) is 4.55 Å². The molecule has 11 heavy (non-hydrogen) atoms. The van der Waals surface area contributed by atoms with Crippen molar-refractivity contribution in [2.24, 2.45) is 0 Å². The summed E-state index contributed by atoms with van der Waals surface area (Å²) in [6.45, 7) is 0. The summed E-state index contributed by atoms with van der Waals surface area (Å²) in [5, 5.41) is 0. The van der Waals surface area contributed by atoms with Gasteiger partial charge in [-0.15, -0.1) is 12.3 Å². The minimum atomic E-state index is -3.76. The zero-order valence-electron chi connectivity index (χ0n) is 6.28. The molecule has 3 nitrogen and oxygen atoms in total. The lowest BCUT2D eigenvalue weighted by atomic mass is 10.2. The van der Waals surface area contributed by atoms with E-state index in [1.54, 1.807) is 0 Å². The van der Waals surface area contributed by atoms with E-state index in [-0.39, 0.29) is 5.75 Å². The van der Waals surface area contributed by atoms with Crippen molar-refractivity contribution in [2.45, 2.75) is 25.7 Å². The molecule has 0 spiro atoms. The minimum absolute atomic E-state index is 0.155. The molecule has 0 bridgehead atoms. The minimum Gasteiger partial charge on any atom is -0.286 e. The Hall–Kier alpha value is -0.530. The van der Waals surface area contributed by atoms with Crippen LogP contribution in [-0.4, -0.2) is 18.7 Å². The lowest BCUT2D eigenvalue weighted by Gasteiger charge is -1.95. The summed E-state index contributed by atoms with van der Waals surface area (Å²) in [6.07, 6.45) is 7.72. The second-order valence-electron chi connectivity index (χ2n) is 2.30. The summed E-state index contributed by atoms with van der Waals surface area (Å²) < 4.78 is 28.7. The summed E-state index contributed by atoms with van der Waals surface area (Å²) in [5.41, 5.74) is 0. The van der Waals surface area contributed by atoms with Gasteiger partial charge in [0.25, 0.3) is 10.1 Å². The molecule has 0 rings (SSSR count). The van der Waals surface area contributed by atoms with Crippen LogP contribution in [0.25, 0.3) is 0 Å². The molecular formula is C7H12O3S. The van der Waals surface area contributed by atoms with Gasteiger partial charge in [-0.1, -0.05) is 6.42 Å². The van der Waals surface area contributed by atoms with Crippen LogP contribution in [0.3, 0.4) is 0 Å². The van der Waals surface area contributed by atoms with E-state index in [9.17, 15) is 8.42 Å². The Morgan fingerprint density at radius 1 is 1.27 bits per heavy atom. The van der Waals surface area contributed by atoms with Gasteiger partial charge >= 0.3 is 0 Å². The van der Waals surface area contributed by atoms with Crippen LogP contribution in [0.2, 0.25) is 0 Å². The van der Waals surface area contributed by atoms with Crippen molar-refractivity contribution in [2.75, 3.05) is 5.75 Å². The highest BCUT2D eigenvalue weighted by atomic mass is 32.2. The molecule has 0 aromatic rings. The molecule has 0 fully saturated rings. The predicted octanol–water partition coefficient (Wildman–Crippen LogP) is 1.07. The fourth-order valence-electron chi connectivity index (χ4n) is 0.688. The summed E-state index contributed by atoms with van der Waals surface area (Å²) in [7, 11) is -3.76. The molecule has 4 heteroatoms. The molecule has 0 unspecified atom stereocenters. The first kappa shape index (κ1) is 10.5. The van der Waals surface area contributed by atoms with E-state index in [0.29, 0.717) is 12.8 Å². The van der Waals surface area contributed by atoms with Gasteiger partial charge in [0, 0.05) is 6.42 Å². The number of rotatable bonds is 5. The largest absolute Gasteiger partial charge is 0.286 e. The molecule has 1 N–H and O–H groups in total. The number of terminal acetylenes is 1. The van der Waals surface area contributed by atoms with Gasteiger partial charge in [0.2, 0.25) is 0 Å². The molecule has 0 saturated heterocycles. The van der Waals surface area contributed by atoms with Crippen molar-refractivity contribution in [3.63, 3.8) is 0 Å². The lowest BCUT2D eigenvalue weighted by Crippen LogP contribution is -2.03. The molecule has 0 aromatic carbocycles. The maximum absolute atomic E-state index is 10.2. The van der Waals surface area contributed by atoms with Gasteiger partial charge < -0.3 is 0 Å². The molecule has 0 aliphatic carbocycles. The Balaban J connectivity index is 3.24. The van der Waals surface area contributed by atoms with E-state index in [1.165, 1.54) is 0 Å². The monoisotopic (exact) mass is 176 g/mol. The van der Waals surface area contributed by atoms with E-state index in [4.69, 9.17) is 11.0 Å². The Bertz CT molecular complexity index is 223. The third-order valence-electron chi connectivity index (χ3n) is 1.22. The van der Waals surface area contributed by atoms with Crippen LogP contribution in [0, 0.1) is 12.3 Å². The average Bonchev–Trinajstić information content (AvgIpc) is 1.85. The molecule has 0 heterocycles. The van der Waals surface area contributed by atoms with Crippen LogP contribution in [0.1, 0.15) is 25.7 Å². The zero-order valence-corrected chi connectivity index (χ0v) is 7.10. The van der Waals surface area contributed by atoms with Gasteiger partial charge in [0.05, 0.1) is 5.75 Å². The molecule has 0 amide bonds. The van der Waals surface area contributed by atoms with Gasteiger partial charge in [0.15, 0.2) is 0 Å². The Labute approximate surface area is 67.6 Å². The Morgan fingerprint density at radius 2 is 1.91 bits per heavy atom. The summed E-state index contributed by atoms with van der Waals surface area (Å²) in [4.78, 5) is 0. The van der Waals surface area contributed by atoms with Crippen LogP contribution in [0.4, 0.5) is 0 Å². The quantitative estimate of drug-likeness (QED) is 0.387. The summed E-state index contributed by atoms with van der Waals surface area (Å²) in [5.74, 6) is 2.30. The van der Waals surface area contributed by atoms with Crippen molar-refractivity contribution in [1.29, 1.82) is 0 Å². The normalized spacial score (nSPS) is 10.9. The zero-order chi connectivity index (χ0) is 8.74. The molecule has 0 radical (unpaired) electrons. The van der Waals surface area contributed by atoms with Crippen LogP contribution in [0.15, 0.2) is 0 Å². The van der Waals surface area contributed by atoms with Gasteiger partial charge in [-0.2, -0.15) is 8.42 Å². The first-order valence-electron chi connectivity index (χ1n) is 3.45. The molecule has 0 aliphatic heterocycles. The highest BCUT2D eigenvalue weighted by Gasteiger charge is 2.02. The first-order chi connectivity index (χ1) is 5.06. The van der Waals surface area contributed by atoms with Gasteiger partial charge in [-0.25, -0.2) is 0 Å². The van der Waals surface area contributed by atoms with Crippen molar-refractivity contribution >= 4 is 10.1 Å². The van der Waals surface area contributed by atoms with E-state index >= 15 is 0 Å². The number of unbranched alkanes of at least 4 members (excludes halogenated alkanes) is 3. The summed E-state index contributed by atoms with van der Waals surface area (Å²) >= 11 is 0. The second kappa shape index (κ2) is 5.16.